The zero-order valence-corrected chi connectivity index (χ0v) is 10.5. The maximum absolute atomic E-state index is 5.84. The third-order valence-corrected chi connectivity index (χ3v) is 3.82. The maximum atomic E-state index is 5.84. The molecule has 1 aliphatic heterocycles. The lowest BCUT2D eigenvalue weighted by molar-refractivity contribution is 0.0285. The Morgan fingerprint density at radius 3 is 2.40 bits per heavy atom. The quantitative estimate of drug-likeness (QED) is 0.753. The van der Waals surface area contributed by atoms with Gasteiger partial charge in [-0.25, -0.2) is 0 Å². The van der Waals surface area contributed by atoms with Gasteiger partial charge in [-0.2, -0.15) is 0 Å². The van der Waals surface area contributed by atoms with E-state index in [4.69, 9.17) is 10.5 Å². The standard InChI is InChI=1S/C12H26N2O/c1-4-12(2,9-13)10-14-7-5-11(15-3)6-8-14/h11H,4-10,13H2,1-3H3. The summed E-state index contributed by atoms with van der Waals surface area (Å²) in [5.74, 6) is 0. The molecule has 3 heteroatoms. The van der Waals surface area contributed by atoms with Gasteiger partial charge in [0.05, 0.1) is 6.10 Å². The smallest absolute Gasteiger partial charge is 0.0595 e. The molecule has 0 bridgehead atoms. The summed E-state index contributed by atoms with van der Waals surface area (Å²) in [6.07, 6.45) is 3.97. The van der Waals surface area contributed by atoms with Crippen LogP contribution in [0.1, 0.15) is 33.1 Å². The second-order valence-corrected chi connectivity index (χ2v) is 5.08. The number of nitrogens with two attached hydrogens (primary N) is 1. The molecular formula is C12H26N2O. The molecule has 1 saturated heterocycles. The molecule has 2 N–H and O–H groups in total. The molecule has 0 spiro atoms. The Morgan fingerprint density at radius 2 is 2.00 bits per heavy atom. The molecule has 1 rings (SSSR count). The van der Waals surface area contributed by atoms with Crippen LogP contribution in [0.4, 0.5) is 0 Å². The number of hydrogen-bond acceptors (Lipinski definition) is 3. The minimum absolute atomic E-state index is 0.292. The summed E-state index contributed by atoms with van der Waals surface area (Å²) in [5.41, 5.74) is 6.13. The highest BCUT2D eigenvalue weighted by Crippen LogP contribution is 2.23. The molecule has 0 saturated carbocycles. The van der Waals surface area contributed by atoms with Crippen molar-refractivity contribution in [3.63, 3.8) is 0 Å². The van der Waals surface area contributed by atoms with Crippen LogP contribution in [-0.2, 0) is 4.74 Å². The van der Waals surface area contributed by atoms with E-state index in [1.807, 2.05) is 7.11 Å². The molecule has 1 atom stereocenters. The van der Waals surface area contributed by atoms with Crippen molar-refractivity contribution in [2.75, 3.05) is 33.3 Å². The van der Waals surface area contributed by atoms with Crippen LogP contribution in [0.2, 0.25) is 0 Å². The van der Waals surface area contributed by atoms with Crippen LogP contribution in [0.25, 0.3) is 0 Å². The highest BCUT2D eigenvalue weighted by molar-refractivity contribution is 4.81. The normalized spacial score (nSPS) is 24.0. The largest absolute Gasteiger partial charge is 0.381 e. The van der Waals surface area contributed by atoms with Crippen molar-refractivity contribution < 1.29 is 4.74 Å². The summed E-state index contributed by atoms with van der Waals surface area (Å²) < 4.78 is 5.37. The van der Waals surface area contributed by atoms with E-state index in [0.717, 1.165) is 32.6 Å². The van der Waals surface area contributed by atoms with E-state index in [2.05, 4.69) is 18.7 Å². The summed E-state index contributed by atoms with van der Waals surface area (Å²) >= 11 is 0. The Morgan fingerprint density at radius 1 is 1.40 bits per heavy atom. The van der Waals surface area contributed by atoms with E-state index in [9.17, 15) is 0 Å². The van der Waals surface area contributed by atoms with E-state index < -0.39 is 0 Å². The Kier molecular flexibility index (Phi) is 5.03. The third kappa shape index (κ3) is 3.74. The third-order valence-electron chi connectivity index (χ3n) is 3.82. The van der Waals surface area contributed by atoms with Gasteiger partial charge < -0.3 is 15.4 Å². The molecule has 0 aromatic rings. The fourth-order valence-electron chi connectivity index (χ4n) is 2.16. The topological polar surface area (TPSA) is 38.5 Å². The first kappa shape index (κ1) is 12.9. The van der Waals surface area contributed by atoms with Crippen LogP contribution >= 0.6 is 0 Å². The van der Waals surface area contributed by atoms with Crippen LogP contribution in [0.15, 0.2) is 0 Å². The molecule has 0 amide bonds. The molecule has 15 heavy (non-hydrogen) atoms. The van der Waals surface area contributed by atoms with Crippen molar-refractivity contribution in [3.8, 4) is 0 Å². The van der Waals surface area contributed by atoms with E-state index in [0.29, 0.717) is 11.5 Å². The van der Waals surface area contributed by atoms with Crippen LogP contribution in [0, 0.1) is 5.41 Å². The number of methoxy groups -OCH3 is 1. The van der Waals surface area contributed by atoms with Crippen LogP contribution < -0.4 is 5.73 Å². The van der Waals surface area contributed by atoms with Gasteiger partial charge in [0.15, 0.2) is 0 Å². The van der Waals surface area contributed by atoms with Crippen molar-refractivity contribution in [3.05, 3.63) is 0 Å². The Labute approximate surface area is 94.0 Å². The molecule has 3 nitrogen and oxygen atoms in total. The van der Waals surface area contributed by atoms with Crippen LogP contribution in [0.5, 0.6) is 0 Å². The number of ether oxygens (including phenoxy) is 1. The highest BCUT2D eigenvalue weighted by atomic mass is 16.5. The SMILES string of the molecule is CCC(C)(CN)CN1CCC(OC)CC1. The predicted octanol–water partition coefficient (Wildman–Crippen LogP) is 1.47. The zero-order valence-electron chi connectivity index (χ0n) is 10.5. The molecule has 0 aromatic carbocycles. The average molecular weight is 214 g/mol. The summed E-state index contributed by atoms with van der Waals surface area (Å²) in [6.45, 7) is 8.76. The lowest BCUT2D eigenvalue weighted by Gasteiger charge is -2.37. The van der Waals surface area contributed by atoms with Gasteiger partial charge >= 0.3 is 0 Å². The van der Waals surface area contributed by atoms with E-state index in [-0.39, 0.29) is 0 Å². The first-order chi connectivity index (χ1) is 7.13. The van der Waals surface area contributed by atoms with Gasteiger partial charge in [0.25, 0.3) is 0 Å². The Balaban J connectivity index is 2.34. The summed E-state index contributed by atoms with van der Waals surface area (Å²) in [6, 6.07) is 0. The average Bonchev–Trinajstić information content (AvgIpc) is 2.30. The van der Waals surface area contributed by atoms with Crippen molar-refractivity contribution in [1.82, 2.24) is 4.90 Å². The van der Waals surface area contributed by atoms with Crippen LogP contribution in [-0.4, -0.2) is 44.3 Å². The van der Waals surface area contributed by atoms with Crippen molar-refractivity contribution in [2.45, 2.75) is 39.2 Å². The first-order valence-electron chi connectivity index (χ1n) is 6.09. The minimum atomic E-state index is 0.292. The molecule has 90 valence electrons. The number of hydrogen-bond donors (Lipinski definition) is 1. The summed E-state index contributed by atoms with van der Waals surface area (Å²) in [5, 5.41) is 0. The van der Waals surface area contributed by atoms with Crippen molar-refractivity contribution >= 4 is 0 Å². The van der Waals surface area contributed by atoms with E-state index in [1.54, 1.807) is 0 Å². The number of nitrogens with zero attached hydrogens (tertiary/aromatic N) is 1. The fourth-order valence-corrected chi connectivity index (χ4v) is 2.16. The monoisotopic (exact) mass is 214 g/mol. The Bertz CT molecular complexity index is 172. The number of piperidine rings is 1. The molecule has 0 radical (unpaired) electrons. The van der Waals surface area contributed by atoms with Gasteiger partial charge in [-0.1, -0.05) is 13.8 Å². The molecule has 0 aromatic heterocycles. The van der Waals surface area contributed by atoms with Crippen molar-refractivity contribution in [1.29, 1.82) is 0 Å². The number of rotatable bonds is 5. The lowest BCUT2D eigenvalue weighted by Crippen LogP contribution is -2.45. The van der Waals surface area contributed by atoms with Gasteiger partial charge in [0.2, 0.25) is 0 Å². The van der Waals surface area contributed by atoms with Crippen molar-refractivity contribution in [2.24, 2.45) is 11.1 Å². The molecule has 1 heterocycles. The minimum Gasteiger partial charge on any atom is -0.381 e. The first-order valence-corrected chi connectivity index (χ1v) is 6.09. The second kappa shape index (κ2) is 5.83. The van der Waals surface area contributed by atoms with E-state index in [1.165, 1.54) is 12.8 Å². The molecule has 1 fully saturated rings. The molecule has 1 unspecified atom stereocenters. The lowest BCUT2D eigenvalue weighted by atomic mass is 9.86. The fraction of sp³-hybridized carbons (Fsp3) is 1.00. The molecular weight excluding hydrogens is 188 g/mol. The van der Waals surface area contributed by atoms with Gasteiger partial charge in [-0.3, -0.25) is 0 Å². The highest BCUT2D eigenvalue weighted by Gasteiger charge is 2.26. The Hall–Kier alpha value is -0.120. The maximum Gasteiger partial charge on any atom is 0.0595 e. The van der Waals surface area contributed by atoms with Crippen LogP contribution in [0.3, 0.4) is 0 Å². The van der Waals surface area contributed by atoms with Gasteiger partial charge in [0.1, 0.15) is 0 Å². The molecule has 1 aliphatic rings. The summed E-state index contributed by atoms with van der Waals surface area (Å²) in [7, 11) is 1.82. The zero-order chi connectivity index (χ0) is 11.3. The van der Waals surface area contributed by atoms with Gasteiger partial charge in [0, 0.05) is 26.7 Å². The predicted molar refractivity (Wildman–Crippen MR) is 63.9 cm³/mol. The second-order valence-electron chi connectivity index (χ2n) is 5.08. The summed E-state index contributed by atoms with van der Waals surface area (Å²) in [4.78, 5) is 2.53. The van der Waals surface area contributed by atoms with Gasteiger partial charge in [-0.05, 0) is 31.2 Å². The van der Waals surface area contributed by atoms with E-state index >= 15 is 0 Å². The number of likely N-dealkylation sites (tertiary alicyclic amines) is 1. The molecule has 0 aliphatic carbocycles. The van der Waals surface area contributed by atoms with Gasteiger partial charge in [-0.15, -0.1) is 0 Å².